The van der Waals surface area contributed by atoms with Gasteiger partial charge in [0.25, 0.3) is 0 Å². The highest BCUT2D eigenvalue weighted by Gasteiger charge is 2.13. The quantitative estimate of drug-likeness (QED) is 0.786. The van der Waals surface area contributed by atoms with Crippen LogP contribution in [0.1, 0.15) is 12.0 Å². The second-order valence-electron chi connectivity index (χ2n) is 4.02. The van der Waals surface area contributed by atoms with Gasteiger partial charge in [0.1, 0.15) is 0 Å². The fourth-order valence-corrected chi connectivity index (χ4v) is 2.10. The van der Waals surface area contributed by atoms with Crippen LogP contribution in [-0.2, 0) is 6.42 Å². The Hall–Kier alpha value is -1.22. The van der Waals surface area contributed by atoms with Crippen LogP contribution in [0.5, 0.6) is 0 Å². The Labute approximate surface area is 90.7 Å². The fourth-order valence-electron chi connectivity index (χ4n) is 2.10. The molecule has 15 heavy (non-hydrogen) atoms. The van der Waals surface area contributed by atoms with Crippen LogP contribution in [0.4, 0.5) is 11.4 Å². The van der Waals surface area contributed by atoms with Crippen LogP contribution in [0, 0.1) is 0 Å². The van der Waals surface area contributed by atoms with Gasteiger partial charge in [0.15, 0.2) is 0 Å². The van der Waals surface area contributed by atoms with Gasteiger partial charge in [0, 0.05) is 31.5 Å². The first-order valence-corrected chi connectivity index (χ1v) is 5.50. The number of aryl methyl sites for hydroxylation is 1. The van der Waals surface area contributed by atoms with E-state index in [4.69, 9.17) is 5.11 Å². The molecule has 0 saturated carbocycles. The van der Waals surface area contributed by atoms with Crippen molar-refractivity contribution < 1.29 is 5.11 Å². The van der Waals surface area contributed by atoms with Crippen LogP contribution in [-0.4, -0.2) is 31.9 Å². The summed E-state index contributed by atoms with van der Waals surface area (Å²) in [5.41, 5.74) is 3.86. The van der Waals surface area contributed by atoms with Gasteiger partial charge in [-0.2, -0.15) is 0 Å². The highest BCUT2D eigenvalue weighted by atomic mass is 16.3. The molecule has 0 radical (unpaired) electrons. The van der Waals surface area contributed by atoms with Gasteiger partial charge >= 0.3 is 0 Å². The molecule has 1 heterocycles. The minimum absolute atomic E-state index is 0.178. The third-order valence-corrected chi connectivity index (χ3v) is 2.87. The van der Waals surface area contributed by atoms with Gasteiger partial charge < -0.3 is 15.3 Å². The van der Waals surface area contributed by atoms with E-state index in [1.807, 2.05) is 0 Å². The molecule has 0 fully saturated rings. The molecule has 0 saturated heterocycles. The third kappa shape index (κ3) is 2.23. The summed E-state index contributed by atoms with van der Waals surface area (Å²) in [7, 11) is 2.14. The average Bonchev–Trinajstić information content (AvgIpc) is 2.26. The van der Waals surface area contributed by atoms with Crippen LogP contribution in [0.15, 0.2) is 18.2 Å². The summed E-state index contributed by atoms with van der Waals surface area (Å²) in [6, 6.07) is 6.44. The molecule has 0 atom stereocenters. The van der Waals surface area contributed by atoms with E-state index in [0.717, 1.165) is 18.7 Å². The molecule has 0 unspecified atom stereocenters. The lowest BCUT2D eigenvalue weighted by molar-refractivity contribution is 0.311. The Morgan fingerprint density at radius 2 is 2.33 bits per heavy atom. The Morgan fingerprint density at radius 1 is 1.47 bits per heavy atom. The number of hydrogen-bond acceptors (Lipinski definition) is 3. The maximum absolute atomic E-state index is 8.74. The van der Waals surface area contributed by atoms with Crippen molar-refractivity contribution in [2.24, 2.45) is 0 Å². The number of benzene rings is 1. The van der Waals surface area contributed by atoms with E-state index in [2.05, 4.69) is 35.5 Å². The molecule has 2 rings (SSSR count). The molecule has 1 aromatic carbocycles. The first-order chi connectivity index (χ1) is 7.31. The monoisotopic (exact) mass is 206 g/mol. The van der Waals surface area contributed by atoms with Crippen molar-refractivity contribution in [2.75, 3.05) is 37.0 Å². The van der Waals surface area contributed by atoms with Gasteiger partial charge in [0.05, 0.1) is 6.61 Å². The topological polar surface area (TPSA) is 35.5 Å². The van der Waals surface area contributed by atoms with E-state index in [-0.39, 0.29) is 6.61 Å². The Bertz CT molecular complexity index is 338. The number of fused-ring (bicyclic) bond motifs is 1. The SMILES string of the molecule is CN1CCCc2cc(NCCO)ccc21. The molecule has 1 aromatic rings. The van der Waals surface area contributed by atoms with E-state index in [1.54, 1.807) is 0 Å². The summed E-state index contributed by atoms with van der Waals surface area (Å²) in [5.74, 6) is 0. The molecule has 0 aliphatic carbocycles. The average molecular weight is 206 g/mol. The molecular weight excluding hydrogens is 188 g/mol. The first kappa shape index (κ1) is 10.3. The lowest BCUT2D eigenvalue weighted by Gasteiger charge is -2.27. The highest BCUT2D eigenvalue weighted by Crippen LogP contribution is 2.28. The van der Waals surface area contributed by atoms with Crippen molar-refractivity contribution in [3.8, 4) is 0 Å². The number of hydrogen-bond donors (Lipinski definition) is 2. The second kappa shape index (κ2) is 4.53. The van der Waals surface area contributed by atoms with E-state index < -0.39 is 0 Å². The zero-order chi connectivity index (χ0) is 10.7. The van der Waals surface area contributed by atoms with Crippen LogP contribution >= 0.6 is 0 Å². The number of aliphatic hydroxyl groups excluding tert-OH is 1. The van der Waals surface area contributed by atoms with Crippen molar-refractivity contribution in [1.29, 1.82) is 0 Å². The lowest BCUT2D eigenvalue weighted by atomic mass is 10.0. The fraction of sp³-hybridized carbons (Fsp3) is 0.500. The summed E-state index contributed by atoms with van der Waals surface area (Å²) in [5, 5.41) is 11.9. The van der Waals surface area contributed by atoms with Crippen molar-refractivity contribution in [2.45, 2.75) is 12.8 Å². The molecule has 3 heteroatoms. The maximum Gasteiger partial charge on any atom is 0.0604 e. The molecule has 82 valence electrons. The summed E-state index contributed by atoms with van der Waals surface area (Å²) in [6.45, 7) is 1.95. The number of rotatable bonds is 3. The zero-order valence-corrected chi connectivity index (χ0v) is 9.16. The lowest BCUT2D eigenvalue weighted by Crippen LogP contribution is -2.24. The molecule has 0 bridgehead atoms. The molecule has 0 aromatic heterocycles. The molecule has 2 N–H and O–H groups in total. The number of nitrogens with one attached hydrogen (secondary N) is 1. The van der Waals surface area contributed by atoms with Crippen LogP contribution in [0.3, 0.4) is 0 Å². The normalized spacial score (nSPS) is 14.9. The summed E-state index contributed by atoms with van der Waals surface area (Å²) in [4.78, 5) is 2.30. The molecular formula is C12H18N2O. The van der Waals surface area contributed by atoms with E-state index >= 15 is 0 Å². The third-order valence-electron chi connectivity index (χ3n) is 2.87. The Kier molecular flexibility index (Phi) is 3.11. The zero-order valence-electron chi connectivity index (χ0n) is 9.16. The predicted molar refractivity (Wildman–Crippen MR) is 63.6 cm³/mol. The Balaban J connectivity index is 2.18. The van der Waals surface area contributed by atoms with Gasteiger partial charge in [-0.05, 0) is 36.6 Å². The molecule has 1 aliphatic rings. The van der Waals surface area contributed by atoms with E-state index in [1.165, 1.54) is 17.7 Å². The largest absolute Gasteiger partial charge is 0.395 e. The first-order valence-electron chi connectivity index (χ1n) is 5.50. The highest BCUT2D eigenvalue weighted by molar-refractivity contribution is 5.61. The number of anilines is 2. The van der Waals surface area contributed by atoms with Crippen molar-refractivity contribution >= 4 is 11.4 Å². The molecule has 0 spiro atoms. The van der Waals surface area contributed by atoms with Crippen molar-refractivity contribution in [3.05, 3.63) is 23.8 Å². The Morgan fingerprint density at radius 3 is 3.13 bits per heavy atom. The minimum atomic E-state index is 0.178. The van der Waals surface area contributed by atoms with Gasteiger partial charge in [-0.1, -0.05) is 0 Å². The van der Waals surface area contributed by atoms with Gasteiger partial charge in [-0.15, -0.1) is 0 Å². The van der Waals surface area contributed by atoms with Crippen molar-refractivity contribution in [1.82, 2.24) is 0 Å². The maximum atomic E-state index is 8.74. The van der Waals surface area contributed by atoms with E-state index in [9.17, 15) is 0 Å². The molecule has 1 aliphatic heterocycles. The molecule has 3 nitrogen and oxygen atoms in total. The van der Waals surface area contributed by atoms with Crippen molar-refractivity contribution in [3.63, 3.8) is 0 Å². The summed E-state index contributed by atoms with van der Waals surface area (Å²) in [6.07, 6.45) is 2.39. The van der Waals surface area contributed by atoms with Gasteiger partial charge in [-0.25, -0.2) is 0 Å². The molecule has 0 amide bonds. The predicted octanol–water partition coefficient (Wildman–Crippen LogP) is 1.47. The second-order valence-corrected chi connectivity index (χ2v) is 4.02. The van der Waals surface area contributed by atoms with Crippen LogP contribution in [0.25, 0.3) is 0 Å². The summed E-state index contributed by atoms with van der Waals surface area (Å²) < 4.78 is 0. The van der Waals surface area contributed by atoms with Crippen LogP contribution < -0.4 is 10.2 Å². The van der Waals surface area contributed by atoms with Gasteiger partial charge in [0.2, 0.25) is 0 Å². The van der Waals surface area contributed by atoms with Gasteiger partial charge in [-0.3, -0.25) is 0 Å². The van der Waals surface area contributed by atoms with E-state index in [0.29, 0.717) is 6.54 Å². The summed E-state index contributed by atoms with van der Waals surface area (Å²) >= 11 is 0. The standard InChI is InChI=1S/C12H18N2O/c1-14-7-2-3-10-9-11(13-6-8-15)4-5-12(10)14/h4-5,9,13,15H,2-3,6-8H2,1H3. The smallest absolute Gasteiger partial charge is 0.0604 e. The number of nitrogens with zero attached hydrogens (tertiary/aromatic N) is 1. The van der Waals surface area contributed by atoms with Crippen LogP contribution in [0.2, 0.25) is 0 Å². The number of aliphatic hydroxyl groups is 1. The minimum Gasteiger partial charge on any atom is -0.395 e.